The fourth-order valence-electron chi connectivity index (χ4n) is 1.90. The molecule has 0 atom stereocenters. The minimum atomic E-state index is -3.33. The van der Waals surface area contributed by atoms with Crippen molar-refractivity contribution in [1.29, 1.82) is 0 Å². The topological polar surface area (TPSA) is 76.0 Å². The maximum absolute atomic E-state index is 11.7. The van der Waals surface area contributed by atoms with E-state index in [9.17, 15) is 8.42 Å². The van der Waals surface area contributed by atoms with Crippen LogP contribution in [0.2, 0.25) is 5.22 Å². The lowest BCUT2D eigenvalue weighted by Gasteiger charge is -1.97. The summed E-state index contributed by atoms with van der Waals surface area (Å²) in [5, 5.41) is 0.208. The summed E-state index contributed by atoms with van der Waals surface area (Å²) in [6.07, 6.45) is 2.60. The molecular weight excluding hydrogens is 288 g/mol. The summed E-state index contributed by atoms with van der Waals surface area (Å²) < 4.78 is 28.4. The molecular formula is C12H9ClN2O3S. The van der Waals surface area contributed by atoms with Crippen LogP contribution in [0.1, 0.15) is 0 Å². The molecule has 0 bridgehead atoms. The zero-order valence-corrected chi connectivity index (χ0v) is 11.4. The van der Waals surface area contributed by atoms with E-state index in [0.717, 1.165) is 6.26 Å². The normalized spacial score (nSPS) is 12.1. The molecule has 0 fully saturated rings. The highest BCUT2D eigenvalue weighted by molar-refractivity contribution is 7.91. The number of rotatable bonds is 2. The molecule has 98 valence electrons. The van der Waals surface area contributed by atoms with Crippen molar-refractivity contribution in [2.45, 2.75) is 4.90 Å². The molecule has 0 aliphatic heterocycles. The van der Waals surface area contributed by atoms with Gasteiger partial charge in [-0.05, 0) is 29.8 Å². The highest BCUT2D eigenvalue weighted by Crippen LogP contribution is 2.30. The third kappa shape index (κ3) is 2.02. The summed E-state index contributed by atoms with van der Waals surface area (Å²) in [5.41, 5.74) is 1.63. The second-order valence-corrected chi connectivity index (χ2v) is 6.45. The average molecular weight is 297 g/mol. The summed E-state index contributed by atoms with van der Waals surface area (Å²) in [6, 6.07) is 6.62. The molecule has 19 heavy (non-hydrogen) atoms. The van der Waals surface area contributed by atoms with E-state index in [-0.39, 0.29) is 10.1 Å². The van der Waals surface area contributed by atoms with Crippen LogP contribution < -0.4 is 0 Å². The van der Waals surface area contributed by atoms with Gasteiger partial charge in [0.05, 0.1) is 22.2 Å². The second-order valence-electron chi connectivity index (χ2n) is 4.12. The van der Waals surface area contributed by atoms with Gasteiger partial charge in [0, 0.05) is 6.26 Å². The number of nitrogens with one attached hydrogen (secondary N) is 1. The fraction of sp³-hybridized carbons (Fsp3) is 0.0833. The van der Waals surface area contributed by atoms with Crippen LogP contribution in [0.3, 0.4) is 0 Å². The van der Waals surface area contributed by atoms with E-state index in [4.69, 9.17) is 16.0 Å². The van der Waals surface area contributed by atoms with Gasteiger partial charge in [0.15, 0.2) is 9.84 Å². The van der Waals surface area contributed by atoms with Gasteiger partial charge in [-0.25, -0.2) is 13.4 Å². The van der Waals surface area contributed by atoms with Crippen molar-refractivity contribution >= 4 is 32.5 Å². The van der Waals surface area contributed by atoms with Crippen LogP contribution in [0.5, 0.6) is 0 Å². The molecule has 3 rings (SSSR count). The van der Waals surface area contributed by atoms with Crippen molar-refractivity contribution in [1.82, 2.24) is 9.97 Å². The molecule has 0 spiro atoms. The minimum absolute atomic E-state index is 0.187. The number of sulfone groups is 1. The van der Waals surface area contributed by atoms with Crippen LogP contribution in [-0.4, -0.2) is 24.6 Å². The Balaban J connectivity index is 2.31. The smallest absolute Gasteiger partial charge is 0.203 e. The predicted molar refractivity (Wildman–Crippen MR) is 71.9 cm³/mol. The van der Waals surface area contributed by atoms with Crippen molar-refractivity contribution in [2.24, 2.45) is 0 Å². The standard InChI is InChI=1S/C12H9ClN2O3S/c1-19(16,17)9-4-2-3-8-10(9)15-12(14-8)7-5-6-18-11(7)13/h2-6H,1H3,(H,14,15). The number of hydrogen-bond donors (Lipinski definition) is 1. The molecule has 2 aromatic heterocycles. The van der Waals surface area contributed by atoms with Gasteiger partial charge in [0.1, 0.15) is 11.3 Å². The van der Waals surface area contributed by atoms with Gasteiger partial charge >= 0.3 is 0 Å². The highest BCUT2D eigenvalue weighted by Gasteiger charge is 2.17. The number of aromatic amines is 1. The van der Waals surface area contributed by atoms with Crippen LogP contribution in [0, 0.1) is 0 Å². The van der Waals surface area contributed by atoms with Crippen LogP contribution in [0.4, 0.5) is 0 Å². The third-order valence-corrected chi connectivity index (χ3v) is 4.17. The zero-order valence-electron chi connectivity index (χ0n) is 9.84. The molecule has 0 saturated carbocycles. The number of fused-ring (bicyclic) bond motifs is 1. The summed E-state index contributed by atoms with van der Waals surface area (Å²) in [4.78, 5) is 7.52. The van der Waals surface area contributed by atoms with Crippen molar-refractivity contribution < 1.29 is 12.8 Å². The Morgan fingerprint density at radius 1 is 1.32 bits per heavy atom. The number of benzene rings is 1. The van der Waals surface area contributed by atoms with Gasteiger partial charge in [-0.15, -0.1) is 0 Å². The summed E-state index contributed by atoms with van der Waals surface area (Å²) in [6.45, 7) is 0. The lowest BCUT2D eigenvalue weighted by atomic mass is 10.3. The Hall–Kier alpha value is -1.79. The molecule has 0 aliphatic carbocycles. The van der Waals surface area contributed by atoms with Gasteiger partial charge in [-0.1, -0.05) is 6.07 Å². The first-order valence-corrected chi connectivity index (χ1v) is 7.66. The van der Waals surface area contributed by atoms with Crippen LogP contribution >= 0.6 is 11.6 Å². The van der Waals surface area contributed by atoms with E-state index in [1.54, 1.807) is 18.2 Å². The maximum Gasteiger partial charge on any atom is 0.203 e. The molecule has 1 aromatic carbocycles. The van der Waals surface area contributed by atoms with Gasteiger partial charge in [0.25, 0.3) is 0 Å². The van der Waals surface area contributed by atoms with E-state index in [1.165, 1.54) is 12.3 Å². The van der Waals surface area contributed by atoms with Crippen LogP contribution in [0.15, 0.2) is 39.8 Å². The summed E-state index contributed by atoms with van der Waals surface area (Å²) in [7, 11) is -3.33. The largest absolute Gasteiger partial charge is 0.452 e. The highest BCUT2D eigenvalue weighted by atomic mass is 35.5. The number of aromatic nitrogens is 2. The Morgan fingerprint density at radius 3 is 2.74 bits per heavy atom. The first-order valence-electron chi connectivity index (χ1n) is 5.39. The van der Waals surface area contributed by atoms with Crippen LogP contribution in [-0.2, 0) is 9.84 Å². The first-order chi connectivity index (χ1) is 8.97. The fourth-order valence-corrected chi connectivity index (χ4v) is 2.93. The molecule has 3 aromatic rings. The number of hydrogen-bond acceptors (Lipinski definition) is 4. The SMILES string of the molecule is CS(=O)(=O)c1cccc2[nH]c(-c3ccoc3Cl)nc12. The summed E-state index contributed by atoms with van der Waals surface area (Å²) in [5.74, 6) is 0.477. The van der Waals surface area contributed by atoms with Crippen molar-refractivity contribution in [3.8, 4) is 11.4 Å². The lowest BCUT2D eigenvalue weighted by Crippen LogP contribution is -1.97. The molecule has 2 heterocycles. The van der Waals surface area contributed by atoms with Gasteiger partial charge in [-0.3, -0.25) is 0 Å². The minimum Gasteiger partial charge on any atom is -0.452 e. The van der Waals surface area contributed by atoms with E-state index in [0.29, 0.717) is 22.4 Å². The number of H-pyrrole nitrogens is 1. The van der Waals surface area contributed by atoms with E-state index >= 15 is 0 Å². The van der Waals surface area contributed by atoms with Crippen molar-refractivity contribution in [3.63, 3.8) is 0 Å². The van der Waals surface area contributed by atoms with E-state index < -0.39 is 9.84 Å². The number of halogens is 1. The number of nitrogens with zero attached hydrogens (tertiary/aromatic N) is 1. The average Bonchev–Trinajstić information content (AvgIpc) is 2.91. The van der Waals surface area contributed by atoms with E-state index in [2.05, 4.69) is 9.97 Å². The number of imidazole rings is 1. The Morgan fingerprint density at radius 2 is 2.11 bits per heavy atom. The monoisotopic (exact) mass is 296 g/mol. The first kappa shape index (κ1) is 12.3. The molecule has 0 amide bonds. The molecule has 5 nitrogen and oxygen atoms in total. The van der Waals surface area contributed by atoms with Crippen molar-refractivity contribution in [2.75, 3.05) is 6.26 Å². The lowest BCUT2D eigenvalue weighted by molar-refractivity contribution is 0.570. The second kappa shape index (κ2) is 4.11. The number of furan rings is 1. The molecule has 1 N–H and O–H groups in total. The van der Waals surface area contributed by atoms with Gasteiger partial charge < -0.3 is 9.40 Å². The van der Waals surface area contributed by atoms with Gasteiger partial charge in [-0.2, -0.15) is 0 Å². The molecule has 7 heteroatoms. The van der Waals surface area contributed by atoms with Crippen molar-refractivity contribution in [3.05, 3.63) is 35.7 Å². The molecule has 0 aliphatic rings. The van der Waals surface area contributed by atoms with Gasteiger partial charge in [0.2, 0.25) is 5.22 Å². The number of para-hydroxylation sites is 1. The molecule has 0 radical (unpaired) electrons. The Bertz CT molecular complexity index is 864. The zero-order chi connectivity index (χ0) is 13.6. The molecule has 0 unspecified atom stereocenters. The van der Waals surface area contributed by atoms with E-state index in [1.807, 2.05) is 0 Å². The van der Waals surface area contributed by atoms with Crippen LogP contribution in [0.25, 0.3) is 22.4 Å². The predicted octanol–water partition coefficient (Wildman–Crippen LogP) is 2.88. The third-order valence-electron chi connectivity index (χ3n) is 2.75. The Kier molecular flexibility index (Phi) is 2.65. The Labute approximate surface area is 114 Å². The summed E-state index contributed by atoms with van der Waals surface area (Å²) >= 11 is 5.89. The molecule has 0 saturated heterocycles. The quantitative estimate of drug-likeness (QED) is 0.789. The maximum atomic E-state index is 11.7.